The lowest BCUT2D eigenvalue weighted by Crippen LogP contribution is -2.21. The van der Waals surface area contributed by atoms with Crippen molar-refractivity contribution in [3.8, 4) is 11.5 Å². The van der Waals surface area contributed by atoms with Crippen LogP contribution in [0.15, 0.2) is 66.7 Å². The Morgan fingerprint density at radius 3 is 2.48 bits per heavy atom. The van der Waals surface area contributed by atoms with Crippen LogP contribution < -0.4 is 14.8 Å². The normalized spacial score (nSPS) is 10.4. The lowest BCUT2D eigenvalue weighted by molar-refractivity contribution is 0.269. The van der Waals surface area contributed by atoms with Crippen LogP contribution in [0.3, 0.4) is 0 Å². The van der Waals surface area contributed by atoms with E-state index in [9.17, 15) is 4.39 Å². The molecule has 0 spiro atoms. The molecule has 29 heavy (non-hydrogen) atoms. The highest BCUT2D eigenvalue weighted by atomic mass is 35.5. The van der Waals surface area contributed by atoms with Crippen molar-refractivity contribution in [1.29, 1.82) is 0 Å². The van der Waals surface area contributed by atoms with Crippen LogP contribution in [0.1, 0.15) is 23.6 Å². The first-order valence-corrected chi connectivity index (χ1v) is 10.0. The summed E-state index contributed by atoms with van der Waals surface area (Å²) in [5.74, 6) is 0.977. The molecule has 0 heterocycles. The van der Waals surface area contributed by atoms with Crippen molar-refractivity contribution in [2.45, 2.75) is 20.1 Å². The summed E-state index contributed by atoms with van der Waals surface area (Å²) < 4.78 is 24.7. The highest BCUT2D eigenvalue weighted by molar-refractivity contribution is 7.80. The molecule has 0 saturated heterocycles. The lowest BCUT2D eigenvalue weighted by atomic mass is 10.1. The standard InChI is InChI=1S/C23H21ClFNO2S/c1-2-27-22-13-17(23(29)26-14-16-7-10-19(25)11-8-16)9-12-21(22)28-15-18-5-3-4-6-20(18)24/h3-13H,2,14-15H2,1H3,(H,26,29). The van der Waals surface area contributed by atoms with E-state index in [1.807, 2.05) is 49.4 Å². The SMILES string of the molecule is CCOc1cc(C(=S)NCc2ccc(F)cc2)ccc1OCc1ccccc1Cl. The first-order valence-electron chi connectivity index (χ1n) is 9.22. The zero-order chi connectivity index (χ0) is 20.6. The summed E-state index contributed by atoms with van der Waals surface area (Å²) in [6.45, 7) is 3.26. The maximum absolute atomic E-state index is 13.0. The van der Waals surface area contributed by atoms with E-state index in [0.29, 0.717) is 41.3 Å². The molecule has 0 unspecified atom stereocenters. The van der Waals surface area contributed by atoms with Crippen LogP contribution in [0.2, 0.25) is 5.02 Å². The summed E-state index contributed by atoms with van der Waals surface area (Å²) >= 11 is 11.7. The van der Waals surface area contributed by atoms with Gasteiger partial charge in [0.15, 0.2) is 11.5 Å². The fourth-order valence-corrected chi connectivity index (χ4v) is 3.08. The second kappa shape index (κ2) is 10.2. The van der Waals surface area contributed by atoms with E-state index in [2.05, 4.69) is 5.32 Å². The van der Waals surface area contributed by atoms with Gasteiger partial charge in [-0.2, -0.15) is 0 Å². The van der Waals surface area contributed by atoms with Crippen molar-refractivity contribution in [3.05, 3.63) is 94.3 Å². The van der Waals surface area contributed by atoms with Gasteiger partial charge in [-0.15, -0.1) is 0 Å². The second-order valence-electron chi connectivity index (χ2n) is 6.28. The zero-order valence-electron chi connectivity index (χ0n) is 16.0. The summed E-state index contributed by atoms with van der Waals surface area (Å²) in [5, 5.41) is 3.84. The van der Waals surface area contributed by atoms with Crippen LogP contribution in [0.25, 0.3) is 0 Å². The third-order valence-corrected chi connectivity index (χ3v) is 4.96. The first-order chi connectivity index (χ1) is 14.1. The van der Waals surface area contributed by atoms with Crippen LogP contribution in [0.4, 0.5) is 4.39 Å². The Morgan fingerprint density at radius 2 is 1.76 bits per heavy atom. The molecule has 0 fully saturated rings. The van der Waals surface area contributed by atoms with Gasteiger partial charge in [0.2, 0.25) is 0 Å². The number of halogens is 2. The number of nitrogens with one attached hydrogen (secondary N) is 1. The van der Waals surface area contributed by atoms with Crippen LogP contribution in [-0.4, -0.2) is 11.6 Å². The van der Waals surface area contributed by atoms with Crippen LogP contribution in [0, 0.1) is 5.82 Å². The second-order valence-corrected chi connectivity index (χ2v) is 7.10. The average molecular weight is 430 g/mol. The Balaban J connectivity index is 1.68. The topological polar surface area (TPSA) is 30.5 Å². The Labute approximate surface area is 180 Å². The van der Waals surface area contributed by atoms with E-state index < -0.39 is 0 Å². The van der Waals surface area contributed by atoms with Gasteiger partial charge >= 0.3 is 0 Å². The molecule has 3 nitrogen and oxygen atoms in total. The molecule has 0 aliphatic rings. The van der Waals surface area contributed by atoms with Crippen LogP contribution in [0.5, 0.6) is 11.5 Å². The summed E-state index contributed by atoms with van der Waals surface area (Å²) in [6, 6.07) is 19.4. The van der Waals surface area contributed by atoms with Gasteiger partial charge in [0.1, 0.15) is 17.4 Å². The van der Waals surface area contributed by atoms with E-state index in [0.717, 1.165) is 16.7 Å². The summed E-state index contributed by atoms with van der Waals surface area (Å²) in [4.78, 5) is 0.577. The van der Waals surface area contributed by atoms with Gasteiger partial charge in [0, 0.05) is 22.7 Å². The maximum Gasteiger partial charge on any atom is 0.161 e. The molecule has 0 amide bonds. The van der Waals surface area contributed by atoms with E-state index >= 15 is 0 Å². The molecule has 150 valence electrons. The average Bonchev–Trinajstić information content (AvgIpc) is 2.73. The van der Waals surface area contributed by atoms with Crippen molar-refractivity contribution in [2.24, 2.45) is 0 Å². The van der Waals surface area contributed by atoms with Gasteiger partial charge in [-0.1, -0.05) is 54.2 Å². The number of benzene rings is 3. The summed E-state index contributed by atoms with van der Waals surface area (Å²) in [6.07, 6.45) is 0. The minimum Gasteiger partial charge on any atom is -0.490 e. The smallest absolute Gasteiger partial charge is 0.161 e. The van der Waals surface area contributed by atoms with Crippen molar-refractivity contribution in [1.82, 2.24) is 5.32 Å². The molecule has 0 saturated carbocycles. The van der Waals surface area contributed by atoms with Gasteiger partial charge in [-0.05, 0) is 48.9 Å². The Morgan fingerprint density at radius 1 is 1.00 bits per heavy atom. The van der Waals surface area contributed by atoms with E-state index in [4.69, 9.17) is 33.3 Å². The van der Waals surface area contributed by atoms with Crippen molar-refractivity contribution in [2.75, 3.05) is 6.61 Å². The first kappa shape index (κ1) is 21.1. The molecule has 0 bridgehead atoms. The number of hydrogen-bond acceptors (Lipinski definition) is 3. The number of thiocarbonyl (C=S) groups is 1. The largest absolute Gasteiger partial charge is 0.490 e. The predicted molar refractivity (Wildman–Crippen MR) is 118 cm³/mol. The van der Waals surface area contributed by atoms with Crippen LogP contribution in [-0.2, 0) is 13.2 Å². The molecule has 0 radical (unpaired) electrons. The molecule has 0 aromatic heterocycles. The lowest BCUT2D eigenvalue weighted by Gasteiger charge is -2.15. The van der Waals surface area contributed by atoms with Gasteiger partial charge in [0.05, 0.1) is 6.61 Å². The van der Waals surface area contributed by atoms with E-state index in [1.54, 1.807) is 12.1 Å². The third kappa shape index (κ3) is 5.92. The monoisotopic (exact) mass is 429 g/mol. The number of hydrogen-bond donors (Lipinski definition) is 1. The molecule has 3 aromatic rings. The minimum absolute atomic E-state index is 0.259. The minimum atomic E-state index is -0.259. The van der Waals surface area contributed by atoms with E-state index in [1.165, 1.54) is 12.1 Å². The van der Waals surface area contributed by atoms with Gasteiger partial charge in [0.25, 0.3) is 0 Å². The van der Waals surface area contributed by atoms with Crippen LogP contribution >= 0.6 is 23.8 Å². The molecular formula is C23H21ClFNO2S. The Hall–Kier alpha value is -2.63. The highest BCUT2D eigenvalue weighted by Gasteiger charge is 2.11. The Kier molecular flexibility index (Phi) is 7.44. The van der Waals surface area contributed by atoms with Gasteiger partial charge < -0.3 is 14.8 Å². The molecule has 3 aromatic carbocycles. The molecule has 1 N–H and O–H groups in total. The Bertz CT molecular complexity index is 979. The summed E-state index contributed by atoms with van der Waals surface area (Å²) in [5.41, 5.74) is 2.66. The third-order valence-electron chi connectivity index (χ3n) is 4.21. The fourth-order valence-electron chi connectivity index (χ4n) is 2.69. The zero-order valence-corrected chi connectivity index (χ0v) is 17.5. The molecule has 0 aliphatic carbocycles. The summed E-state index contributed by atoms with van der Waals surface area (Å²) in [7, 11) is 0. The van der Waals surface area contributed by atoms with Crippen molar-refractivity contribution >= 4 is 28.8 Å². The molecule has 0 atom stereocenters. The molecule has 0 aliphatic heterocycles. The van der Waals surface area contributed by atoms with E-state index in [-0.39, 0.29) is 5.82 Å². The fraction of sp³-hybridized carbons (Fsp3) is 0.174. The number of ether oxygens (including phenoxy) is 2. The van der Waals surface area contributed by atoms with Gasteiger partial charge in [-0.3, -0.25) is 0 Å². The number of rotatable bonds is 8. The quantitative estimate of drug-likeness (QED) is 0.450. The molecule has 3 rings (SSSR count). The van der Waals surface area contributed by atoms with Crippen molar-refractivity contribution < 1.29 is 13.9 Å². The van der Waals surface area contributed by atoms with Crippen molar-refractivity contribution in [3.63, 3.8) is 0 Å². The predicted octanol–water partition coefficient (Wildman–Crippen LogP) is 5.92. The maximum atomic E-state index is 13.0. The highest BCUT2D eigenvalue weighted by Crippen LogP contribution is 2.30. The van der Waals surface area contributed by atoms with Gasteiger partial charge in [-0.25, -0.2) is 4.39 Å². The molecular weight excluding hydrogens is 409 g/mol. The molecule has 6 heteroatoms.